The number of hydrogen-bond donors (Lipinski definition) is 1. The average molecular weight is 426 g/mol. The number of thioether (sulfide) groups is 1. The fourth-order valence-electron chi connectivity index (χ4n) is 3.45. The molecule has 1 N–H and O–H groups in total. The van der Waals surface area contributed by atoms with Crippen LogP contribution in [0.2, 0.25) is 0 Å². The summed E-state index contributed by atoms with van der Waals surface area (Å²) in [5.41, 5.74) is 0.679. The number of ether oxygens (including phenoxy) is 2. The molecule has 0 bridgehead atoms. The average Bonchev–Trinajstić information content (AvgIpc) is 3.25. The number of hydrogen-bond acceptors (Lipinski definition) is 7. The third-order valence-electron chi connectivity index (χ3n) is 4.70. The molecule has 150 valence electrons. The number of carboxylic acid groups (broad SMARTS) is 1. The van der Waals surface area contributed by atoms with Gasteiger partial charge in [-0.1, -0.05) is 11.8 Å². The zero-order chi connectivity index (χ0) is 19.9. The summed E-state index contributed by atoms with van der Waals surface area (Å²) >= 11 is 1.28. The van der Waals surface area contributed by atoms with Gasteiger partial charge in [-0.25, -0.2) is 8.42 Å². The quantitative estimate of drug-likeness (QED) is 0.741. The number of benzene rings is 1. The Kier molecular flexibility index (Phi) is 4.96. The summed E-state index contributed by atoms with van der Waals surface area (Å²) in [6.45, 7) is 0.122. The van der Waals surface area contributed by atoms with Crippen LogP contribution >= 0.6 is 11.8 Å². The number of rotatable bonds is 5. The predicted molar refractivity (Wildman–Crippen MR) is 103 cm³/mol. The van der Waals surface area contributed by atoms with Crippen LogP contribution in [0.4, 0.5) is 5.69 Å². The van der Waals surface area contributed by atoms with Crippen molar-refractivity contribution in [3.8, 4) is 11.5 Å². The molecule has 11 heteroatoms. The van der Waals surface area contributed by atoms with Crippen LogP contribution in [0.15, 0.2) is 23.2 Å². The van der Waals surface area contributed by atoms with Crippen LogP contribution in [0.25, 0.3) is 0 Å². The van der Waals surface area contributed by atoms with E-state index in [0.717, 1.165) is 0 Å². The van der Waals surface area contributed by atoms with Gasteiger partial charge in [-0.05, 0) is 18.6 Å². The molecule has 0 radical (unpaired) electrons. The molecule has 28 heavy (non-hydrogen) atoms. The lowest BCUT2D eigenvalue weighted by Crippen LogP contribution is -2.37. The van der Waals surface area contributed by atoms with E-state index < -0.39 is 21.7 Å². The minimum Gasteiger partial charge on any atom is -0.481 e. The second kappa shape index (κ2) is 7.28. The lowest BCUT2D eigenvalue weighted by atomic mass is 10.2. The Balaban J connectivity index is 1.61. The number of carbonyl (C=O) groups is 2. The van der Waals surface area contributed by atoms with Gasteiger partial charge in [0, 0.05) is 29.8 Å². The van der Waals surface area contributed by atoms with Crippen molar-refractivity contribution in [2.24, 2.45) is 4.99 Å². The number of aliphatic carboxylic acids is 1. The van der Waals surface area contributed by atoms with Crippen molar-refractivity contribution in [1.29, 1.82) is 0 Å². The summed E-state index contributed by atoms with van der Waals surface area (Å²) in [4.78, 5) is 28.8. The molecule has 0 aliphatic carbocycles. The third-order valence-corrected chi connectivity index (χ3v) is 7.91. The summed E-state index contributed by atoms with van der Waals surface area (Å²) in [6, 6.07) is 4.96. The van der Waals surface area contributed by atoms with Gasteiger partial charge in [0.05, 0.1) is 17.5 Å². The smallest absolute Gasteiger partial charge is 0.303 e. The maximum Gasteiger partial charge on any atom is 0.303 e. The van der Waals surface area contributed by atoms with Gasteiger partial charge < -0.3 is 19.5 Å². The van der Waals surface area contributed by atoms with E-state index in [2.05, 4.69) is 4.99 Å². The Morgan fingerprint density at radius 2 is 2.00 bits per heavy atom. The maximum atomic E-state index is 12.2. The van der Waals surface area contributed by atoms with Gasteiger partial charge in [0.1, 0.15) is 0 Å². The SMILES string of the molecule is O=C(O)CCCC(=O)N=C1SC2CS(=O)(=O)CC2N1c1ccc2c(c1)OCO2. The second-order valence-electron chi connectivity index (χ2n) is 6.74. The number of aliphatic imine (C=N–C) groups is 1. The molecule has 1 amide bonds. The van der Waals surface area contributed by atoms with Gasteiger partial charge in [0.15, 0.2) is 26.5 Å². The summed E-state index contributed by atoms with van der Waals surface area (Å²) < 4.78 is 34.9. The van der Waals surface area contributed by atoms with Gasteiger partial charge in [-0.2, -0.15) is 4.99 Å². The largest absolute Gasteiger partial charge is 0.481 e. The molecular formula is C17H18N2O7S2. The highest BCUT2D eigenvalue weighted by Gasteiger charge is 2.49. The molecule has 9 nitrogen and oxygen atoms in total. The van der Waals surface area contributed by atoms with Gasteiger partial charge in [0.2, 0.25) is 12.7 Å². The van der Waals surface area contributed by atoms with Crippen molar-refractivity contribution in [1.82, 2.24) is 0 Å². The molecule has 3 aliphatic rings. The Bertz CT molecular complexity index is 960. The Hall–Kier alpha value is -2.27. The van der Waals surface area contributed by atoms with Crippen LogP contribution in [0.3, 0.4) is 0 Å². The monoisotopic (exact) mass is 426 g/mol. The molecule has 2 atom stereocenters. The number of anilines is 1. The van der Waals surface area contributed by atoms with Crippen LogP contribution in [0.5, 0.6) is 11.5 Å². The lowest BCUT2D eigenvalue weighted by Gasteiger charge is -2.24. The van der Waals surface area contributed by atoms with Crippen molar-refractivity contribution < 1.29 is 32.6 Å². The van der Waals surface area contributed by atoms with E-state index in [0.29, 0.717) is 22.4 Å². The van der Waals surface area contributed by atoms with Crippen LogP contribution in [-0.2, 0) is 19.4 Å². The zero-order valence-electron chi connectivity index (χ0n) is 14.7. The van der Waals surface area contributed by atoms with Crippen LogP contribution in [0, 0.1) is 0 Å². The molecule has 0 saturated carbocycles. The van der Waals surface area contributed by atoms with E-state index in [1.54, 1.807) is 23.1 Å². The van der Waals surface area contributed by atoms with Gasteiger partial charge in [-0.3, -0.25) is 9.59 Å². The van der Waals surface area contributed by atoms with Crippen LogP contribution in [0.1, 0.15) is 19.3 Å². The first kappa shape index (κ1) is 19.1. The van der Waals surface area contributed by atoms with E-state index in [1.807, 2.05) is 0 Å². The van der Waals surface area contributed by atoms with Crippen molar-refractivity contribution >= 4 is 44.3 Å². The Morgan fingerprint density at radius 1 is 1.21 bits per heavy atom. The number of fused-ring (bicyclic) bond motifs is 2. The summed E-state index contributed by atoms with van der Waals surface area (Å²) in [6.07, 6.45) is 0.138. The number of sulfone groups is 1. The highest BCUT2D eigenvalue weighted by molar-refractivity contribution is 8.16. The first-order chi connectivity index (χ1) is 13.3. The third kappa shape index (κ3) is 3.81. The summed E-state index contributed by atoms with van der Waals surface area (Å²) in [5, 5.41) is 8.92. The van der Waals surface area contributed by atoms with Crippen molar-refractivity contribution in [2.75, 3.05) is 23.2 Å². The minimum atomic E-state index is -3.16. The van der Waals surface area contributed by atoms with Gasteiger partial charge >= 0.3 is 5.97 Å². The lowest BCUT2D eigenvalue weighted by molar-refractivity contribution is -0.137. The molecule has 0 aromatic heterocycles. The first-order valence-corrected chi connectivity index (χ1v) is 11.4. The topological polar surface area (TPSA) is 123 Å². The Labute approximate surface area is 165 Å². The Morgan fingerprint density at radius 3 is 2.79 bits per heavy atom. The number of carbonyl (C=O) groups excluding carboxylic acids is 1. The molecule has 1 aromatic rings. The van der Waals surface area contributed by atoms with Gasteiger partial charge in [0.25, 0.3) is 0 Å². The molecule has 3 aliphatic heterocycles. The fourth-order valence-corrected chi connectivity index (χ4v) is 7.39. The summed E-state index contributed by atoms with van der Waals surface area (Å²) in [5.74, 6) is -0.191. The zero-order valence-corrected chi connectivity index (χ0v) is 16.4. The van der Waals surface area contributed by atoms with Crippen molar-refractivity contribution in [3.05, 3.63) is 18.2 Å². The molecule has 2 fully saturated rings. The molecule has 0 spiro atoms. The first-order valence-electron chi connectivity index (χ1n) is 8.72. The number of nitrogens with zero attached hydrogens (tertiary/aromatic N) is 2. The highest BCUT2D eigenvalue weighted by atomic mass is 32.2. The van der Waals surface area contributed by atoms with Crippen molar-refractivity contribution in [2.45, 2.75) is 30.6 Å². The molecule has 2 saturated heterocycles. The summed E-state index contributed by atoms with van der Waals surface area (Å²) in [7, 11) is -3.16. The number of amidine groups is 1. The highest BCUT2D eigenvalue weighted by Crippen LogP contribution is 2.43. The number of carboxylic acids is 1. The standard InChI is InChI=1S/C17H18N2O7S2/c20-15(2-1-3-16(21)22)18-17-19(11-7-28(23,24)8-14(11)27-17)10-4-5-12-13(6-10)26-9-25-12/h4-6,11,14H,1-3,7-9H2,(H,21,22). The van der Waals surface area contributed by atoms with E-state index >= 15 is 0 Å². The van der Waals surface area contributed by atoms with E-state index in [1.165, 1.54) is 11.8 Å². The molecule has 4 rings (SSSR count). The van der Waals surface area contributed by atoms with Crippen LogP contribution < -0.4 is 14.4 Å². The molecule has 1 aromatic carbocycles. The molecular weight excluding hydrogens is 408 g/mol. The maximum absolute atomic E-state index is 12.2. The number of amides is 1. The van der Waals surface area contributed by atoms with Crippen molar-refractivity contribution in [3.63, 3.8) is 0 Å². The van der Waals surface area contributed by atoms with E-state index in [-0.39, 0.29) is 48.9 Å². The fraction of sp³-hybridized carbons (Fsp3) is 0.471. The normalized spacial score (nSPS) is 25.9. The minimum absolute atomic E-state index is 0.00860. The molecule has 2 unspecified atom stereocenters. The second-order valence-corrected chi connectivity index (χ2v) is 10.1. The predicted octanol–water partition coefficient (Wildman–Crippen LogP) is 1.27. The van der Waals surface area contributed by atoms with E-state index in [9.17, 15) is 18.0 Å². The van der Waals surface area contributed by atoms with E-state index in [4.69, 9.17) is 14.6 Å². The molecule has 3 heterocycles. The van der Waals surface area contributed by atoms with Gasteiger partial charge in [-0.15, -0.1) is 0 Å². The van der Waals surface area contributed by atoms with Crippen LogP contribution in [-0.4, -0.2) is 60.2 Å².